The fourth-order valence-electron chi connectivity index (χ4n) is 5.97. The van der Waals surface area contributed by atoms with Gasteiger partial charge < -0.3 is 27.7 Å². The van der Waals surface area contributed by atoms with Crippen molar-refractivity contribution in [2.24, 2.45) is 0 Å². The van der Waals surface area contributed by atoms with Crippen LogP contribution in [0.5, 0.6) is 0 Å². The molecule has 2 aliphatic carbocycles. The van der Waals surface area contributed by atoms with E-state index < -0.39 is 7.12 Å². The maximum atomic E-state index is 11.0. The van der Waals surface area contributed by atoms with E-state index in [0.717, 1.165) is 22.0 Å². The average Bonchev–Trinajstić information content (AvgIpc) is 2.90. The fraction of sp³-hybridized carbons (Fsp3) is 0.564. The van der Waals surface area contributed by atoms with Crippen LogP contribution in [0, 0.1) is 7.43 Å². The predicted octanol–water partition coefficient (Wildman–Crippen LogP) is 1.93. The summed E-state index contributed by atoms with van der Waals surface area (Å²) in [4.78, 5) is 0. The van der Waals surface area contributed by atoms with Crippen LogP contribution in [0.4, 0.5) is 0 Å². The van der Waals surface area contributed by atoms with E-state index in [1.165, 1.54) is 40.7 Å². The van der Waals surface area contributed by atoms with Crippen LogP contribution in [0.15, 0.2) is 52.1 Å². The first-order valence-electron chi connectivity index (χ1n) is 15.1. The van der Waals surface area contributed by atoms with Gasteiger partial charge in [-0.15, -0.1) is 5.46 Å². The zero-order valence-corrected chi connectivity index (χ0v) is 38.6. The van der Waals surface area contributed by atoms with Crippen LogP contribution < -0.4 is 74.6 Å². The molecule has 2 aliphatic rings. The Morgan fingerprint density at radius 2 is 1.04 bits per heavy atom. The van der Waals surface area contributed by atoms with Crippen molar-refractivity contribution in [1.82, 2.24) is 0 Å². The van der Waals surface area contributed by atoms with E-state index in [1.54, 1.807) is 12.1 Å². The van der Waals surface area contributed by atoms with E-state index in [9.17, 15) is 10.0 Å². The van der Waals surface area contributed by atoms with E-state index >= 15 is 0 Å². The second-order valence-electron chi connectivity index (χ2n) is 14.5. The first-order chi connectivity index (χ1) is 19.3. The molecule has 2 aromatic carbocycles. The molecule has 0 saturated heterocycles. The van der Waals surface area contributed by atoms with E-state index in [-0.39, 0.29) is 137 Å². The number of hydrogen-bond acceptors (Lipinski definition) is 4. The molecule has 0 amide bonds. The smallest absolute Gasteiger partial charge is 0.889 e. The molecule has 0 radical (unpaired) electrons. The largest absolute Gasteiger partial charge is 1.00 e. The van der Waals surface area contributed by atoms with Crippen molar-refractivity contribution in [3.05, 3.63) is 87.4 Å². The molecule has 9 heteroatoms. The van der Waals surface area contributed by atoms with Crippen molar-refractivity contribution < 1.29 is 99.8 Å². The van der Waals surface area contributed by atoms with Gasteiger partial charge in [0.15, 0.2) is 0 Å². The molecule has 0 aliphatic heterocycles. The average molecular weight is 886 g/mol. The topological polar surface area (TPSA) is 86.6 Å². The van der Waals surface area contributed by atoms with Crippen molar-refractivity contribution >= 4 is 40.7 Å². The molecule has 0 spiro atoms. The number of fused-ring (bicyclic) bond motifs is 2. The van der Waals surface area contributed by atoms with Gasteiger partial charge in [-0.3, -0.25) is 0 Å². The molecule has 0 saturated carbocycles. The first-order valence-corrected chi connectivity index (χ1v) is 16.2. The van der Waals surface area contributed by atoms with E-state index in [1.807, 2.05) is 25.1 Å². The minimum atomic E-state index is -1.87. The molecule has 4 rings (SSSR count). The summed E-state index contributed by atoms with van der Waals surface area (Å²) in [6.07, 6.45) is 8.35. The number of rotatable bonds is 4. The summed E-state index contributed by atoms with van der Waals surface area (Å²) in [6, 6.07) is 12.3. The normalized spacial score (nSPS) is 17.2. The van der Waals surface area contributed by atoms with Crippen molar-refractivity contribution in [3.63, 3.8) is 0 Å². The van der Waals surface area contributed by atoms with Crippen LogP contribution in [0.25, 0.3) is 5.57 Å². The van der Waals surface area contributed by atoms with Crippen LogP contribution in [0.3, 0.4) is 0 Å². The van der Waals surface area contributed by atoms with Crippen LogP contribution in [0.2, 0.25) is 0 Å². The molecule has 0 atom stereocenters. The number of aliphatic hydroxyl groups excluding tert-OH is 2. The summed E-state index contributed by atoms with van der Waals surface area (Å²) in [5, 5.41) is 39.3. The van der Waals surface area contributed by atoms with Gasteiger partial charge in [0.1, 0.15) is 0 Å². The molecule has 266 valence electrons. The van der Waals surface area contributed by atoms with Gasteiger partial charge in [0, 0.05) is 20.4 Å². The SMILES string of the molecule is C.C.C/C(=C/CO)c1ccc2c(c1)C(C)(C)CCC2(C)C.C/C(I)=C/CO.CC1(C)CCC(C)(C)c2cc(B([O-])[O-])ccc21.[CH3-].[Na+].[Na+].[Pd]. The third-order valence-corrected chi connectivity index (χ3v) is 9.67. The molecule has 0 unspecified atom stereocenters. The van der Waals surface area contributed by atoms with E-state index in [0.29, 0.717) is 5.46 Å². The molecule has 2 aromatic rings. The zero-order chi connectivity index (χ0) is 32.1. The minimum Gasteiger partial charge on any atom is -0.889 e. The second-order valence-corrected chi connectivity index (χ2v) is 16.2. The zero-order valence-electron chi connectivity index (χ0n) is 30.8. The van der Waals surface area contributed by atoms with Gasteiger partial charge in [-0.25, -0.2) is 0 Å². The first kappa shape index (κ1) is 58.5. The monoisotopic (exact) mass is 885 g/mol. The molecule has 0 heterocycles. The van der Waals surface area contributed by atoms with Gasteiger partial charge in [-0.05, 0) is 121 Å². The maximum Gasteiger partial charge on any atom is 1.00 e. The van der Waals surface area contributed by atoms with Crippen molar-refractivity contribution in [3.8, 4) is 0 Å². The molecule has 0 aromatic heterocycles. The Morgan fingerprint density at radius 1 is 0.688 bits per heavy atom. The summed E-state index contributed by atoms with van der Waals surface area (Å²) < 4.78 is 1.13. The molecule has 0 fully saturated rings. The Bertz CT molecular complexity index is 1290. The Kier molecular flexibility index (Phi) is 29.9. The Balaban J connectivity index is -0.000000199. The number of aliphatic hydroxyl groups is 2. The Morgan fingerprint density at radius 3 is 1.38 bits per heavy atom. The number of halogens is 1. The summed E-state index contributed by atoms with van der Waals surface area (Å²) in [6.45, 7) is 22.5. The second kappa shape index (κ2) is 24.5. The van der Waals surface area contributed by atoms with Crippen LogP contribution in [0.1, 0.15) is 138 Å². The number of hydrogen-bond donors (Lipinski definition) is 2. The van der Waals surface area contributed by atoms with Gasteiger partial charge >= 0.3 is 59.1 Å². The minimum absolute atomic E-state index is 0. The van der Waals surface area contributed by atoms with Gasteiger partial charge in [0.2, 0.25) is 0 Å². The number of benzene rings is 2. The standard InChI is InChI=1S/C18H26O.C14H19BO2.C4H7IO.2CH4.CH3.2Na.Pd/c1-13(8-11-19)14-6-7-15-16(12-14)18(4,5)10-9-17(15,2)3;1-13(2)7-8-14(3,4)12-9-10(15(16)17)5-6-11(12)13;1-4(5)2-3-6;;;;;;/h6-8,12,19H,9-11H2,1-5H3;5-6,9H,7-8H2,1-4H3;2,6H,3H2,1H3;2*1H4;1H3;;;/q;-2;;;;-1;2*+1;/b13-8-;;4-2-;;;;;;. The van der Waals surface area contributed by atoms with Gasteiger partial charge in [-0.1, -0.05) is 126 Å². The Labute approximate surface area is 368 Å². The molecule has 48 heavy (non-hydrogen) atoms. The van der Waals surface area contributed by atoms with Gasteiger partial charge in [-0.2, -0.15) is 0 Å². The molecular weight excluding hydrogens is 823 g/mol. The van der Waals surface area contributed by atoms with Crippen molar-refractivity contribution in [2.75, 3.05) is 13.2 Å². The predicted molar refractivity (Wildman–Crippen MR) is 204 cm³/mol. The third kappa shape index (κ3) is 16.1. The Hall–Kier alpha value is 1.22. The van der Waals surface area contributed by atoms with Crippen LogP contribution in [-0.4, -0.2) is 30.5 Å². The van der Waals surface area contributed by atoms with Gasteiger partial charge in [0.05, 0.1) is 13.2 Å². The fourth-order valence-corrected chi connectivity index (χ4v) is 6.16. The molecule has 0 bridgehead atoms. The summed E-state index contributed by atoms with van der Waals surface area (Å²) in [5.41, 5.74) is 8.94. The molecule has 4 nitrogen and oxygen atoms in total. The van der Waals surface area contributed by atoms with Crippen LogP contribution in [-0.2, 0) is 42.1 Å². The summed E-state index contributed by atoms with van der Waals surface area (Å²) in [7, 11) is -1.87. The quantitative estimate of drug-likeness (QED) is 0.280. The summed E-state index contributed by atoms with van der Waals surface area (Å²) in [5.74, 6) is 0. The van der Waals surface area contributed by atoms with Crippen molar-refractivity contribution in [2.45, 2.75) is 131 Å². The van der Waals surface area contributed by atoms with Gasteiger partial charge in [0.25, 0.3) is 0 Å². The summed E-state index contributed by atoms with van der Waals surface area (Å²) >= 11 is 2.14. The molecule has 2 N–H and O–H groups in total. The molecular formula is C39H63BINa2O4Pd-. The van der Waals surface area contributed by atoms with Crippen molar-refractivity contribution in [1.29, 1.82) is 0 Å². The maximum absolute atomic E-state index is 11.0. The van der Waals surface area contributed by atoms with E-state index in [4.69, 9.17) is 10.2 Å². The van der Waals surface area contributed by atoms with Crippen LogP contribution >= 0.6 is 22.6 Å². The number of allylic oxidation sites excluding steroid dienone is 2. The third-order valence-electron chi connectivity index (χ3n) is 9.23. The van der Waals surface area contributed by atoms with E-state index in [2.05, 4.69) is 103 Å².